The Morgan fingerprint density at radius 2 is 1.63 bits per heavy atom. The standard InChI is InChI=1S/C33H27ClN2O5/c1-20-4-3-5-21(2)32(20)39-19-30(37)40-26-14-15-27-29(16-26)41-33(36)28(17-35)31(27)23-8-12-25(13-9-23)38-18-22-6-10-24(34)11-7-22/h3-16,31H,18-19,36H2,1-2H3. The van der Waals surface area contributed by atoms with E-state index in [2.05, 4.69) is 6.07 Å². The van der Waals surface area contributed by atoms with Gasteiger partial charge in [0.15, 0.2) is 6.61 Å². The number of rotatable bonds is 8. The number of nitriles is 1. The zero-order chi connectivity index (χ0) is 28.9. The topological polar surface area (TPSA) is 104 Å². The molecule has 1 aliphatic heterocycles. The lowest BCUT2D eigenvalue weighted by Crippen LogP contribution is -2.22. The quantitative estimate of drug-likeness (QED) is 0.186. The third-order valence-corrected chi connectivity index (χ3v) is 6.95. The highest BCUT2D eigenvalue weighted by Gasteiger charge is 2.31. The van der Waals surface area contributed by atoms with Crippen LogP contribution in [0.3, 0.4) is 0 Å². The molecule has 41 heavy (non-hydrogen) atoms. The summed E-state index contributed by atoms with van der Waals surface area (Å²) in [6.07, 6.45) is 0. The minimum Gasteiger partial charge on any atom is -0.489 e. The summed E-state index contributed by atoms with van der Waals surface area (Å²) in [7, 11) is 0. The van der Waals surface area contributed by atoms with Gasteiger partial charge in [-0.2, -0.15) is 5.26 Å². The Hall–Kier alpha value is -4.93. The fourth-order valence-electron chi connectivity index (χ4n) is 4.66. The van der Waals surface area contributed by atoms with Crippen molar-refractivity contribution in [2.24, 2.45) is 5.73 Å². The van der Waals surface area contributed by atoms with E-state index in [-0.39, 0.29) is 18.2 Å². The number of carbonyl (C=O) groups is 1. The monoisotopic (exact) mass is 566 g/mol. The van der Waals surface area contributed by atoms with Crippen molar-refractivity contribution in [1.82, 2.24) is 0 Å². The lowest BCUT2D eigenvalue weighted by Gasteiger charge is -2.26. The average Bonchev–Trinajstić information content (AvgIpc) is 2.96. The van der Waals surface area contributed by atoms with E-state index in [1.54, 1.807) is 18.2 Å². The van der Waals surface area contributed by atoms with Crippen LogP contribution in [-0.4, -0.2) is 12.6 Å². The van der Waals surface area contributed by atoms with Crippen LogP contribution in [0.15, 0.2) is 96.4 Å². The van der Waals surface area contributed by atoms with Gasteiger partial charge in [-0.05, 0) is 66.4 Å². The van der Waals surface area contributed by atoms with E-state index >= 15 is 0 Å². The Morgan fingerprint density at radius 1 is 0.951 bits per heavy atom. The van der Waals surface area contributed by atoms with Gasteiger partial charge in [0.05, 0.1) is 5.92 Å². The first kappa shape index (κ1) is 27.6. The van der Waals surface area contributed by atoms with Crippen LogP contribution >= 0.6 is 11.6 Å². The van der Waals surface area contributed by atoms with Gasteiger partial charge in [-0.25, -0.2) is 4.79 Å². The number of para-hydroxylation sites is 1. The van der Waals surface area contributed by atoms with Crippen molar-refractivity contribution in [2.45, 2.75) is 26.4 Å². The highest BCUT2D eigenvalue weighted by molar-refractivity contribution is 6.30. The van der Waals surface area contributed by atoms with Gasteiger partial charge < -0.3 is 24.7 Å². The molecule has 2 N–H and O–H groups in total. The SMILES string of the molecule is Cc1cccc(C)c1OCC(=O)Oc1ccc2c(c1)OC(N)=C(C#N)C2c1ccc(OCc2ccc(Cl)cc2)cc1. The summed E-state index contributed by atoms with van der Waals surface area (Å²) >= 11 is 5.95. The normalized spacial score (nSPS) is 14.0. The zero-order valence-corrected chi connectivity index (χ0v) is 23.3. The highest BCUT2D eigenvalue weighted by atomic mass is 35.5. The van der Waals surface area contributed by atoms with Gasteiger partial charge in [0.2, 0.25) is 5.88 Å². The highest BCUT2D eigenvalue weighted by Crippen LogP contribution is 2.43. The lowest BCUT2D eigenvalue weighted by molar-refractivity contribution is -0.136. The summed E-state index contributed by atoms with van der Waals surface area (Å²) in [5.74, 6) is 0.977. The van der Waals surface area contributed by atoms with Crippen LogP contribution in [0.5, 0.6) is 23.0 Å². The molecular weight excluding hydrogens is 540 g/mol. The smallest absolute Gasteiger partial charge is 0.349 e. The Bertz CT molecular complexity index is 1640. The minimum atomic E-state index is -0.560. The molecule has 4 aromatic carbocycles. The van der Waals surface area contributed by atoms with E-state index < -0.39 is 11.9 Å². The van der Waals surface area contributed by atoms with Crippen molar-refractivity contribution in [3.8, 4) is 29.1 Å². The Balaban J connectivity index is 1.30. The Labute approximate surface area is 243 Å². The number of nitrogens with zero attached hydrogens (tertiary/aromatic N) is 1. The number of nitrogens with two attached hydrogens (primary N) is 1. The Morgan fingerprint density at radius 3 is 2.32 bits per heavy atom. The fourth-order valence-corrected chi connectivity index (χ4v) is 4.79. The molecule has 7 nitrogen and oxygen atoms in total. The summed E-state index contributed by atoms with van der Waals surface area (Å²) in [4.78, 5) is 12.5. The molecule has 1 atom stereocenters. The van der Waals surface area contributed by atoms with Crippen molar-refractivity contribution in [3.05, 3.63) is 129 Å². The lowest BCUT2D eigenvalue weighted by atomic mass is 9.83. The second-order valence-corrected chi connectivity index (χ2v) is 10.0. The number of fused-ring (bicyclic) bond motifs is 1. The molecule has 1 unspecified atom stereocenters. The van der Waals surface area contributed by atoms with Crippen LogP contribution in [0.1, 0.15) is 33.7 Å². The molecule has 0 saturated heterocycles. The van der Waals surface area contributed by atoms with Crippen LogP contribution in [0.2, 0.25) is 5.02 Å². The van der Waals surface area contributed by atoms with Gasteiger partial charge >= 0.3 is 5.97 Å². The number of benzene rings is 4. The largest absolute Gasteiger partial charge is 0.489 e. The zero-order valence-electron chi connectivity index (χ0n) is 22.5. The van der Waals surface area contributed by atoms with E-state index in [0.29, 0.717) is 34.5 Å². The number of esters is 1. The second-order valence-electron chi connectivity index (χ2n) is 9.59. The third kappa shape index (κ3) is 6.29. The number of carbonyl (C=O) groups excluding carboxylic acids is 1. The summed E-state index contributed by atoms with van der Waals surface area (Å²) in [5, 5.41) is 10.6. The maximum atomic E-state index is 12.5. The van der Waals surface area contributed by atoms with Crippen LogP contribution < -0.4 is 24.7 Å². The van der Waals surface area contributed by atoms with Crippen LogP contribution in [0, 0.1) is 25.2 Å². The summed E-state index contributed by atoms with van der Waals surface area (Å²) in [6.45, 7) is 3.98. The molecule has 1 heterocycles. The molecule has 4 aromatic rings. The Kier molecular flexibility index (Phi) is 8.14. The van der Waals surface area contributed by atoms with E-state index in [1.165, 1.54) is 0 Å². The van der Waals surface area contributed by atoms with Crippen molar-refractivity contribution in [3.63, 3.8) is 0 Å². The van der Waals surface area contributed by atoms with Gasteiger partial charge in [-0.1, -0.05) is 60.1 Å². The number of hydrogen-bond acceptors (Lipinski definition) is 7. The molecule has 206 valence electrons. The van der Waals surface area contributed by atoms with Crippen molar-refractivity contribution < 1.29 is 23.7 Å². The van der Waals surface area contributed by atoms with Gasteiger partial charge in [-0.3, -0.25) is 0 Å². The molecule has 0 amide bonds. The van der Waals surface area contributed by atoms with E-state index in [0.717, 1.165) is 27.8 Å². The number of aryl methyl sites for hydroxylation is 2. The third-order valence-electron chi connectivity index (χ3n) is 6.70. The van der Waals surface area contributed by atoms with Crippen molar-refractivity contribution in [2.75, 3.05) is 6.61 Å². The number of hydrogen-bond donors (Lipinski definition) is 1. The first-order chi connectivity index (χ1) is 19.8. The van der Waals surface area contributed by atoms with Gasteiger partial charge in [0.1, 0.15) is 41.2 Å². The molecule has 0 aromatic heterocycles. The van der Waals surface area contributed by atoms with Gasteiger partial charge in [0.25, 0.3) is 0 Å². The van der Waals surface area contributed by atoms with Crippen LogP contribution in [0.4, 0.5) is 0 Å². The summed E-state index contributed by atoms with van der Waals surface area (Å²) < 4.78 is 22.9. The molecule has 0 bridgehead atoms. The molecule has 0 fully saturated rings. The average molecular weight is 567 g/mol. The number of ether oxygens (including phenoxy) is 4. The number of allylic oxidation sites excluding steroid dienone is 1. The molecule has 8 heteroatoms. The molecular formula is C33H27ClN2O5. The molecule has 0 radical (unpaired) electrons. The van der Waals surface area contributed by atoms with Gasteiger partial charge in [-0.15, -0.1) is 0 Å². The molecule has 0 spiro atoms. The molecule has 0 aliphatic carbocycles. The molecule has 1 aliphatic rings. The predicted molar refractivity (Wildman–Crippen MR) is 155 cm³/mol. The molecule has 0 saturated carbocycles. The van der Waals surface area contributed by atoms with E-state index in [4.69, 9.17) is 36.3 Å². The number of halogens is 1. The minimum absolute atomic E-state index is 0.00472. The fraction of sp³-hybridized carbons (Fsp3) is 0.152. The second kappa shape index (κ2) is 12.1. The molecule has 5 rings (SSSR count). The maximum absolute atomic E-state index is 12.5. The summed E-state index contributed by atoms with van der Waals surface area (Å²) in [5.41, 5.74) is 10.9. The maximum Gasteiger partial charge on any atom is 0.349 e. The van der Waals surface area contributed by atoms with E-state index in [1.807, 2.05) is 80.6 Å². The van der Waals surface area contributed by atoms with Crippen molar-refractivity contribution >= 4 is 17.6 Å². The predicted octanol–water partition coefficient (Wildman–Crippen LogP) is 6.74. The first-order valence-electron chi connectivity index (χ1n) is 12.9. The van der Waals surface area contributed by atoms with Crippen LogP contribution in [-0.2, 0) is 11.4 Å². The van der Waals surface area contributed by atoms with E-state index in [9.17, 15) is 10.1 Å². The van der Waals surface area contributed by atoms with Gasteiger partial charge in [0, 0.05) is 16.7 Å². The summed E-state index contributed by atoms with van der Waals surface area (Å²) in [6, 6.07) is 27.9. The van der Waals surface area contributed by atoms with Crippen molar-refractivity contribution in [1.29, 1.82) is 5.26 Å². The first-order valence-corrected chi connectivity index (χ1v) is 13.3. The van der Waals surface area contributed by atoms with Crippen LogP contribution in [0.25, 0.3) is 0 Å².